The molecular formula is C14H20ClN3O. The zero-order valence-electron chi connectivity index (χ0n) is 11.6. The van der Waals surface area contributed by atoms with Gasteiger partial charge in [-0.1, -0.05) is 25.4 Å². The molecule has 0 saturated heterocycles. The molecule has 5 heteroatoms. The minimum Gasteiger partial charge on any atom is -0.467 e. The van der Waals surface area contributed by atoms with Crippen molar-refractivity contribution in [2.24, 2.45) is 5.92 Å². The Morgan fingerprint density at radius 1 is 1.47 bits per heavy atom. The van der Waals surface area contributed by atoms with E-state index < -0.39 is 0 Å². The molecule has 0 radical (unpaired) electrons. The third-order valence-electron chi connectivity index (χ3n) is 3.04. The lowest BCUT2D eigenvalue weighted by molar-refractivity contribution is 0.466. The van der Waals surface area contributed by atoms with Crippen molar-refractivity contribution < 1.29 is 4.42 Å². The second-order valence-electron chi connectivity index (χ2n) is 5.13. The fourth-order valence-corrected chi connectivity index (χ4v) is 2.02. The Bertz CT molecular complexity index is 531. The third-order valence-corrected chi connectivity index (χ3v) is 3.41. The van der Waals surface area contributed by atoms with Crippen LogP contribution < -0.4 is 5.32 Å². The summed E-state index contributed by atoms with van der Waals surface area (Å²) < 4.78 is 7.40. The molecule has 0 saturated carbocycles. The highest BCUT2D eigenvalue weighted by atomic mass is 35.5. The molecule has 0 aliphatic carbocycles. The summed E-state index contributed by atoms with van der Waals surface area (Å²) in [4.78, 5) is 0. The minimum absolute atomic E-state index is 0.615. The molecule has 2 aromatic heterocycles. The van der Waals surface area contributed by atoms with Gasteiger partial charge < -0.3 is 9.73 Å². The summed E-state index contributed by atoms with van der Waals surface area (Å²) in [6.07, 6.45) is 3.39. The maximum atomic E-state index is 6.00. The lowest BCUT2D eigenvalue weighted by Gasteiger charge is -2.08. The Morgan fingerprint density at radius 2 is 2.26 bits per heavy atom. The molecule has 104 valence electrons. The van der Waals surface area contributed by atoms with Crippen LogP contribution in [0.1, 0.15) is 30.9 Å². The highest BCUT2D eigenvalue weighted by Gasteiger charge is 2.10. The Hall–Kier alpha value is -1.26. The monoisotopic (exact) mass is 281 g/mol. The van der Waals surface area contributed by atoms with Crippen LogP contribution in [-0.4, -0.2) is 16.3 Å². The highest BCUT2D eigenvalue weighted by molar-refractivity contribution is 6.31. The lowest BCUT2D eigenvalue weighted by Crippen LogP contribution is -2.19. The van der Waals surface area contributed by atoms with Gasteiger partial charge in [-0.2, -0.15) is 5.10 Å². The Balaban J connectivity index is 2.01. The molecule has 4 nitrogen and oxygen atoms in total. The van der Waals surface area contributed by atoms with E-state index in [1.807, 2.05) is 17.7 Å². The molecule has 0 atom stereocenters. The first-order valence-electron chi connectivity index (χ1n) is 6.51. The van der Waals surface area contributed by atoms with Crippen LogP contribution in [0.5, 0.6) is 0 Å². The average molecular weight is 282 g/mol. The molecule has 0 amide bonds. The largest absolute Gasteiger partial charge is 0.467 e. The Labute approximate surface area is 118 Å². The van der Waals surface area contributed by atoms with Crippen LogP contribution in [0.15, 0.2) is 22.9 Å². The van der Waals surface area contributed by atoms with E-state index in [1.54, 1.807) is 12.5 Å². The number of aromatic nitrogens is 2. The van der Waals surface area contributed by atoms with E-state index in [-0.39, 0.29) is 0 Å². The summed E-state index contributed by atoms with van der Waals surface area (Å²) in [5.74, 6) is 1.57. The molecule has 0 aliphatic heterocycles. The van der Waals surface area contributed by atoms with Crippen molar-refractivity contribution in [2.45, 2.75) is 33.9 Å². The molecule has 0 spiro atoms. The molecule has 0 unspecified atom stereocenters. The smallest absolute Gasteiger partial charge is 0.129 e. The van der Waals surface area contributed by atoms with Gasteiger partial charge in [-0.3, -0.25) is 4.68 Å². The molecule has 0 aliphatic rings. The predicted octanol–water partition coefficient (Wildman–Crippen LogP) is 3.23. The van der Waals surface area contributed by atoms with Crippen LogP contribution in [0, 0.1) is 12.8 Å². The van der Waals surface area contributed by atoms with Crippen molar-refractivity contribution in [3.63, 3.8) is 0 Å². The topological polar surface area (TPSA) is 43.0 Å². The molecule has 0 fully saturated rings. The van der Waals surface area contributed by atoms with Gasteiger partial charge in [-0.05, 0) is 25.5 Å². The van der Waals surface area contributed by atoms with Gasteiger partial charge in [0.05, 0.1) is 29.7 Å². The first-order chi connectivity index (χ1) is 9.08. The summed E-state index contributed by atoms with van der Waals surface area (Å²) in [7, 11) is 0. The van der Waals surface area contributed by atoms with E-state index in [0.717, 1.165) is 24.5 Å². The normalized spacial score (nSPS) is 11.4. The quantitative estimate of drug-likeness (QED) is 0.884. The number of rotatable bonds is 6. The van der Waals surface area contributed by atoms with Crippen LogP contribution in [0.4, 0.5) is 0 Å². The predicted molar refractivity (Wildman–Crippen MR) is 76.3 cm³/mol. The number of nitrogens with one attached hydrogen (secondary N) is 1. The van der Waals surface area contributed by atoms with Crippen molar-refractivity contribution in [2.75, 3.05) is 6.54 Å². The summed E-state index contributed by atoms with van der Waals surface area (Å²) in [5, 5.41) is 8.35. The van der Waals surface area contributed by atoms with E-state index in [0.29, 0.717) is 17.5 Å². The van der Waals surface area contributed by atoms with Gasteiger partial charge in [0.1, 0.15) is 5.76 Å². The zero-order valence-corrected chi connectivity index (χ0v) is 12.4. The van der Waals surface area contributed by atoms with Crippen LogP contribution >= 0.6 is 11.6 Å². The van der Waals surface area contributed by atoms with Crippen molar-refractivity contribution in [1.82, 2.24) is 15.1 Å². The summed E-state index contributed by atoms with van der Waals surface area (Å²) in [5.41, 5.74) is 2.13. The second kappa shape index (κ2) is 6.26. The Kier molecular flexibility index (Phi) is 4.66. The van der Waals surface area contributed by atoms with E-state index >= 15 is 0 Å². The number of halogens is 1. The van der Waals surface area contributed by atoms with Crippen molar-refractivity contribution in [1.29, 1.82) is 0 Å². The number of furan rings is 1. The van der Waals surface area contributed by atoms with Crippen molar-refractivity contribution in [3.05, 3.63) is 40.6 Å². The summed E-state index contributed by atoms with van der Waals surface area (Å²) in [6, 6.07) is 2.00. The van der Waals surface area contributed by atoms with E-state index in [9.17, 15) is 0 Å². The third kappa shape index (κ3) is 3.61. The second-order valence-corrected chi connectivity index (χ2v) is 5.54. The van der Waals surface area contributed by atoms with Gasteiger partial charge >= 0.3 is 0 Å². The minimum atomic E-state index is 0.615. The van der Waals surface area contributed by atoms with Crippen LogP contribution in [0.2, 0.25) is 5.02 Å². The van der Waals surface area contributed by atoms with Crippen molar-refractivity contribution in [3.8, 4) is 0 Å². The number of hydrogen-bond donors (Lipinski definition) is 1. The molecule has 0 aromatic carbocycles. The highest BCUT2D eigenvalue weighted by Crippen LogP contribution is 2.17. The average Bonchev–Trinajstić information content (AvgIpc) is 2.91. The van der Waals surface area contributed by atoms with Gasteiger partial charge in [0, 0.05) is 12.1 Å². The molecule has 2 heterocycles. The zero-order chi connectivity index (χ0) is 13.8. The number of nitrogens with zero attached hydrogens (tertiary/aromatic N) is 2. The summed E-state index contributed by atoms with van der Waals surface area (Å²) >= 11 is 6.00. The van der Waals surface area contributed by atoms with E-state index in [4.69, 9.17) is 16.0 Å². The fraction of sp³-hybridized carbons (Fsp3) is 0.500. The molecule has 0 bridgehead atoms. The number of hydrogen-bond acceptors (Lipinski definition) is 3. The molecular weight excluding hydrogens is 262 g/mol. The van der Waals surface area contributed by atoms with Gasteiger partial charge in [-0.25, -0.2) is 0 Å². The standard InChI is InChI=1S/C14H20ClN3O/c1-10(2)6-16-7-12-4-5-19-14(12)9-18-11(3)13(15)8-17-18/h4-5,8,10,16H,6-7,9H2,1-3H3. The van der Waals surface area contributed by atoms with Crippen LogP contribution in [0.3, 0.4) is 0 Å². The maximum absolute atomic E-state index is 6.00. The van der Waals surface area contributed by atoms with Crippen LogP contribution in [-0.2, 0) is 13.1 Å². The molecule has 2 rings (SSSR count). The van der Waals surface area contributed by atoms with E-state index in [2.05, 4.69) is 24.3 Å². The van der Waals surface area contributed by atoms with Crippen LogP contribution in [0.25, 0.3) is 0 Å². The van der Waals surface area contributed by atoms with Gasteiger partial charge in [0.2, 0.25) is 0 Å². The molecule has 2 aromatic rings. The Morgan fingerprint density at radius 3 is 2.89 bits per heavy atom. The van der Waals surface area contributed by atoms with E-state index in [1.165, 1.54) is 5.56 Å². The van der Waals surface area contributed by atoms with Crippen molar-refractivity contribution >= 4 is 11.6 Å². The van der Waals surface area contributed by atoms with Gasteiger partial charge in [0.15, 0.2) is 0 Å². The SMILES string of the molecule is Cc1c(Cl)cnn1Cc1occc1CNCC(C)C. The summed E-state index contributed by atoms with van der Waals surface area (Å²) in [6.45, 7) is 8.77. The fourth-order valence-electron chi connectivity index (χ4n) is 1.88. The van der Waals surface area contributed by atoms with Gasteiger partial charge in [0.25, 0.3) is 0 Å². The first-order valence-corrected chi connectivity index (χ1v) is 6.89. The maximum Gasteiger partial charge on any atom is 0.129 e. The molecule has 1 N–H and O–H groups in total. The first kappa shape index (κ1) is 14.2. The molecule has 19 heavy (non-hydrogen) atoms. The lowest BCUT2D eigenvalue weighted by atomic mass is 10.2. The van der Waals surface area contributed by atoms with Gasteiger partial charge in [-0.15, -0.1) is 0 Å².